The maximum atomic E-state index is 5.89. The monoisotopic (exact) mass is 319 g/mol. The molecule has 0 amide bonds. The normalized spacial score (nSPS) is 12.4. The molecule has 1 aromatic carbocycles. The summed E-state index contributed by atoms with van der Waals surface area (Å²) >= 11 is 0. The minimum absolute atomic E-state index is 0.0436. The van der Waals surface area contributed by atoms with E-state index in [9.17, 15) is 0 Å². The number of aryl methyl sites for hydroxylation is 1. The van der Waals surface area contributed by atoms with E-state index in [0.717, 1.165) is 34.3 Å². The van der Waals surface area contributed by atoms with E-state index in [2.05, 4.69) is 31.7 Å². The van der Waals surface area contributed by atoms with E-state index in [1.165, 1.54) is 6.33 Å². The summed E-state index contributed by atoms with van der Waals surface area (Å²) in [5.41, 5.74) is 2.86. The van der Waals surface area contributed by atoms with E-state index in [4.69, 9.17) is 4.42 Å². The molecule has 1 N–H and O–H groups in total. The lowest BCUT2D eigenvalue weighted by atomic mass is 10.1. The Balaban J connectivity index is 1.90. The highest BCUT2D eigenvalue weighted by molar-refractivity contribution is 5.76. The third kappa shape index (κ3) is 2.42. The summed E-state index contributed by atoms with van der Waals surface area (Å²) in [5, 5.41) is 6.87. The second-order valence-electron chi connectivity index (χ2n) is 5.67. The van der Waals surface area contributed by atoms with Crippen LogP contribution < -0.4 is 0 Å². The van der Waals surface area contributed by atoms with Crippen molar-refractivity contribution >= 4 is 0 Å². The van der Waals surface area contributed by atoms with E-state index < -0.39 is 0 Å². The molecule has 1 unspecified atom stereocenters. The maximum Gasteiger partial charge on any atom is 0.152 e. The number of hydrogen-bond acceptors (Lipinski definition) is 4. The summed E-state index contributed by atoms with van der Waals surface area (Å²) < 4.78 is 7.95. The summed E-state index contributed by atoms with van der Waals surface area (Å²) in [5.74, 6) is 2.43. The molecular weight excluding hydrogens is 302 g/mol. The van der Waals surface area contributed by atoms with Crippen molar-refractivity contribution < 1.29 is 4.42 Å². The van der Waals surface area contributed by atoms with E-state index in [-0.39, 0.29) is 6.04 Å². The Labute approximate surface area is 139 Å². The van der Waals surface area contributed by atoms with Gasteiger partial charge < -0.3 is 8.98 Å². The quantitative estimate of drug-likeness (QED) is 0.620. The second-order valence-corrected chi connectivity index (χ2v) is 5.67. The number of benzene rings is 1. The Bertz CT molecular complexity index is 937. The van der Waals surface area contributed by atoms with Gasteiger partial charge in [-0.25, -0.2) is 9.97 Å². The molecule has 0 saturated carbocycles. The van der Waals surface area contributed by atoms with E-state index >= 15 is 0 Å². The molecule has 4 rings (SSSR count). The number of rotatable bonds is 4. The van der Waals surface area contributed by atoms with Gasteiger partial charge in [-0.3, -0.25) is 5.10 Å². The molecule has 0 saturated heterocycles. The Hall–Kier alpha value is -3.15. The van der Waals surface area contributed by atoms with Crippen molar-refractivity contribution in [2.24, 2.45) is 0 Å². The van der Waals surface area contributed by atoms with Gasteiger partial charge in [-0.05, 0) is 26.0 Å². The van der Waals surface area contributed by atoms with Gasteiger partial charge in [-0.15, -0.1) is 0 Å². The maximum absolute atomic E-state index is 5.89. The highest BCUT2D eigenvalue weighted by Crippen LogP contribution is 2.34. The summed E-state index contributed by atoms with van der Waals surface area (Å²) in [7, 11) is 0. The minimum atomic E-state index is -0.0436. The van der Waals surface area contributed by atoms with Gasteiger partial charge in [-0.2, -0.15) is 5.10 Å². The van der Waals surface area contributed by atoms with Crippen LogP contribution in [0.2, 0.25) is 0 Å². The zero-order chi connectivity index (χ0) is 16.5. The molecule has 0 spiro atoms. The number of furan rings is 1. The average Bonchev–Trinajstić information content (AvgIpc) is 3.35. The second kappa shape index (κ2) is 5.81. The van der Waals surface area contributed by atoms with Crippen LogP contribution >= 0.6 is 0 Å². The third-order valence-corrected chi connectivity index (χ3v) is 4.06. The molecule has 0 radical (unpaired) electrons. The number of imidazole rings is 1. The fourth-order valence-corrected chi connectivity index (χ4v) is 2.82. The first-order valence-electron chi connectivity index (χ1n) is 7.78. The van der Waals surface area contributed by atoms with Crippen molar-refractivity contribution in [1.82, 2.24) is 24.7 Å². The topological polar surface area (TPSA) is 72.5 Å². The van der Waals surface area contributed by atoms with Gasteiger partial charge in [0.05, 0.1) is 18.1 Å². The molecule has 0 bridgehead atoms. The van der Waals surface area contributed by atoms with Crippen LogP contribution in [0.1, 0.15) is 24.6 Å². The molecule has 1 atom stereocenters. The predicted molar refractivity (Wildman–Crippen MR) is 90.3 cm³/mol. The third-order valence-electron chi connectivity index (χ3n) is 4.06. The fraction of sp³-hybridized carbons (Fsp3) is 0.167. The van der Waals surface area contributed by atoms with E-state index in [1.807, 2.05) is 55.7 Å². The molecule has 0 aliphatic rings. The fourth-order valence-electron chi connectivity index (χ4n) is 2.82. The lowest BCUT2D eigenvalue weighted by molar-refractivity contribution is 0.533. The van der Waals surface area contributed by atoms with Crippen LogP contribution in [0, 0.1) is 6.92 Å². The number of H-pyrrole nitrogens is 1. The summed E-state index contributed by atoms with van der Waals surface area (Å²) in [6.07, 6.45) is 3.33. The first-order valence-corrected chi connectivity index (χ1v) is 7.78. The summed E-state index contributed by atoms with van der Waals surface area (Å²) in [4.78, 5) is 8.91. The first-order chi connectivity index (χ1) is 11.7. The summed E-state index contributed by atoms with van der Waals surface area (Å²) in [6, 6.07) is 14.0. The molecule has 3 heterocycles. The molecule has 0 fully saturated rings. The smallest absolute Gasteiger partial charge is 0.152 e. The highest BCUT2D eigenvalue weighted by atomic mass is 16.3. The molecule has 120 valence electrons. The van der Waals surface area contributed by atoms with Crippen LogP contribution in [0.25, 0.3) is 22.7 Å². The van der Waals surface area contributed by atoms with Crippen LogP contribution in [0.15, 0.2) is 59.5 Å². The molecule has 3 aromatic heterocycles. The van der Waals surface area contributed by atoms with Crippen molar-refractivity contribution in [3.8, 4) is 22.7 Å². The molecule has 0 aliphatic carbocycles. The van der Waals surface area contributed by atoms with E-state index in [0.29, 0.717) is 0 Å². The van der Waals surface area contributed by atoms with Gasteiger partial charge in [0.25, 0.3) is 0 Å². The largest absolute Gasteiger partial charge is 0.460 e. The van der Waals surface area contributed by atoms with Crippen LogP contribution in [-0.2, 0) is 0 Å². The first kappa shape index (κ1) is 14.4. The highest BCUT2D eigenvalue weighted by Gasteiger charge is 2.22. The van der Waals surface area contributed by atoms with Crippen molar-refractivity contribution in [1.29, 1.82) is 0 Å². The zero-order valence-electron chi connectivity index (χ0n) is 13.5. The molecule has 24 heavy (non-hydrogen) atoms. The lowest BCUT2D eigenvalue weighted by Gasteiger charge is -2.14. The Morgan fingerprint density at radius 2 is 1.92 bits per heavy atom. The van der Waals surface area contributed by atoms with Gasteiger partial charge >= 0.3 is 0 Å². The zero-order valence-corrected chi connectivity index (χ0v) is 13.5. The van der Waals surface area contributed by atoms with Crippen LogP contribution in [-0.4, -0.2) is 24.7 Å². The van der Waals surface area contributed by atoms with Gasteiger partial charge in [0.1, 0.15) is 23.6 Å². The van der Waals surface area contributed by atoms with Gasteiger partial charge in [-0.1, -0.05) is 30.3 Å². The van der Waals surface area contributed by atoms with Crippen molar-refractivity contribution in [3.63, 3.8) is 0 Å². The van der Waals surface area contributed by atoms with Crippen LogP contribution in [0.4, 0.5) is 0 Å². The van der Waals surface area contributed by atoms with Gasteiger partial charge in [0.2, 0.25) is 0 Å². The SMILES string of the molecule is Cc1ccc(-c2c(-c3ccccc3)ncn2C(C)c2ncn[nH]2)o1. The van der Waals surface area contributed by atoms with Crippen LogP contribution in [0.3, 0.4) is 0 Å². The number of nitrogens with one attached hydrogen (secondary N) is 1. The molecule has 0 aliphatic heterocycles. The van der Waals surface area contributed by atoms with E-state index in [1.54, 1.807) is 0 Å². The number of aromatic nitrogens is 5. The summed E-state index contributed by atoms with van der Waals surface area (Å²) in [6.45, 7) is 3.99. The molecule has 4 aromatic rings. The Morgan fingerprint density at radius 3 is 2.58 bits per heavy atom. The average molecular weight is 319 g/mol. The van der Waals surface area contributed by atoms with Crippen molar-refractivity contribution in [2.75, 3.05) is 0 Å². The molecule has 6 nitrogen and oxygen atoms in total. The predicted octanol–water partition coefficient (Wildman–Crippen LogP) is 3.85. The number of hydrogen-bond donors (Lipinski definition) is 1. The Kier molecular flexibility index (Phi) is 3.49. The number of aromatic amines is 1. The van der Waals surface area contributed by atoms with Gasteiger partial charge in [0.15, 0.2) is 5.76 Å². The number of nitrogens with zero attached hydrogens (tertiary/aromatic N) is 4. The van der Waals surface area contributed by atoms with Crippen LogP contribution in [0.5, 0.6) is 0 Å². The van der Waals surface area contributed by atoms with Crippen molar-refractivity contribution in [3.05, 3.63) is 66.7 Å². The minimum Gasteiger partial charge on any atom is -0.460 e. The standard InChI is InChI=1S/C18H17N5O/c1-12-8-9-15(24-12)17-16(14-6-4-3-5-7-14)20-11-23(17)13(2)18-19-10-21-22-18/h3-11,13H,1-2H3,(H,19,21,22). The van der Waals surface area contributed by atoms with Crippen molar-refractivity contribution in [2.45, 2.75) is 19.9 Å². The Morgan fingerprint density at radius 1 is 1.08 bits per heavy atom. The molecule has 6 heteroatoms. The molecular formula is C18H17N5O. The lowest BCUT2D eigenvalue weighted by Crippen LogP contribution is -2.09. The van der Waals surface area contributed by atoms with Gasteiger partial charge in [0, 0.05) is 5.56 Å².